The number of rotatable bonds is 7. The zero-order chi connectivity index (χ0) is 24.1. The molecule has 0 saturated carbocycles. The molecule has 3 aromatic rings. The number of hydrogen-bond acceptors (Lipinski definition) is 7. The van der Waals surface area contributed by atoms with Crippen molar-refractivity contribution in [3.63, 3.8) is 0 Å². The number of nitrogens with zero attached hydrogens (tertiary/aromatic N) is 3. The van der Waals surface area contributed by atoms with Gasteiger partial charge in [0, 0.05) is 24.7 Å². The molecule has 1 atom stereocenters. The monoisotopic (exact) mass is 467 g/mol. The van der Waals surface area contributed by atoms with Crippen LogP contribution in [0.15, 0.2) is 46.9 Å². The normalized spacial score (nSPS) is 16.0. The van der Waals surface area contributed by atoms with Crippen LogP contribution in [0.4, 0.5) is 4.39 Å². The van der Waals surface area contributed by atoms with Crippen LogP contribution in [0.3, 0.4) is 0 Å². The van der Waals surface area contributed by atoms with Gasteiger partial charge in [-0.2, -0.15) is 0 Å². The van der Waals surface area contributed by atoms with E-state index in [9.17, 15) is 9.18 Å². The molecule has 1 saturated heterocycles. The van der Waals surface area contributed by atoms with Crippen LogP contribution in [-0.4, -0.2) is 55.4 Å². The summed E-state index contributed by atoms with van der Waals surface area (Å²) in [5.74, 6) is 1.83. The number of benzene rings is 2. The average molecular weight is 467 g/mol. The topological polar surface area (TPSA) is 86.9 Å². The van der Waals surface area contributed by atoms with Crippen molar-refractivity contribution in [2.45, 2.75) is 18.8 Å². The van der Waals surface area contributed by atoms with Crippen LogP contribution in [0.1, 0.15) is 30.2 Å². The van der Waals surface area contributed by atoms with E-state index in [1.54, 1.807) is 49.5 Å². The lowest BCUT2D eigenvalue weighted by molar-refractivity contribution is -0.127. The second-order valence-electron chi connectivity index (χ2n) is 7.87. The molecule has 1 amide bonds. The summed E-state index contributed by atoms with van der Waals surface area (Å²) in [6.45, 7) is 1.12. The van der Waals surface area contributed by atoms with Gasteiger partial charge >= 0.3 is 0 Å². The fourth-order valence-corrected chi connectivity index (χ4v) is 3.96. The number of methoxy groups -OCH3 is 3. The van der Waals surface area contributed by atoms with E-state index < -0.39 is 0 Å². The molecule has 0 N–H and O–H groups in total. The van der Waals surface area contributed by atoms with E-state index in [0.29, 0.717) is 47.7 Å². The molecule has 1 aliphatic heterocycles. The van der Waals surface area contributed by atoms with Crippen LogP contribution in [0.2, 0.25) is 0 Å². The van der Waals surface area contributed by atoms with Crippen molar-refractivity contribution in [3.8, 4) is 28.7 Å². The van der Waals surface area contributed by atoms with Crippen LogP contribution in [0, 0.1) is 5.82 Å². The van der Waals surface area contributed by atoms with Gasteiger partial charge in [-0.1, -0.05) is 0 Å². The molecule has 2 heterocycles. The van der Waals surface area contributed by atoms with Gasteiger partial charge in [0.05, 0.1) is 27.2 Å². The van der Waals surface area contributed by atoms with Gasteiger partial charge < -0.3 is 23.5 Å². The van der Waals surface area contributed by atoms with Crippen molar-refractivity contribution in [2.75, 3.05) is 34.4 Å². The first kappa shape index (κ1) is 23.3. The molecule has 0 spiro atoms. The largest absolute Gasteiger partial charge is 0.493 e. The number of piperidine rings is 1. The minimum absolute atomic E-state index is 0.0611. The van der Waals surface area contributed by atoms with Gasteiger partial charge in [0.15, 0.2) is 11.5 Å². The Morgan fingerprint density at radius 2 is 1.79 bits per heavy atom. The smallest absolute Gasteiger partial charge is 0.247 e. The first-order valence-corrected chi connectivity index (χ1v) is 10.9. The Labute approximate surface area is 196 Å². The molecule has 8 nitrogen and oxygen atoms in total. The quantitative estimate of drug-likeness (QED) is 0.478. The Morgan fingerprint density at radius 1 is 1.09 bits per heavy atom. The summed E-state index contributed by atoms with van der Waals surface area (Å²) in [5.41, 5.74) is 1.40. The Kier molecular flexibility index (Phi) is 7.10. The first-order valence-electron chi connectivity index (χ1n) is 10.9. The molecule has 4 rings (SSSR count). The lowest BCUT2D eigenvalue weighted by Gasteiger charge is -2.30. The van der Waals surface area contributed by atoms with E-state index in [4.69, 9.17) is 18.6 Å². The summed E-state index contributed by atoms with van der Waals surface area (Å²) in [4.78, 5) is 14.7. The summed E-state index contributed by atoms with van der Waals surface area (Å²) >= 11 is 0. The minimum atomic E-state index is -0.329. The molecule has 2 aromatic carbocycles. The van der Waals surface area contributed by atoms with Crippen molar-refractivity contribution in [2.24, 2.45) is 0 Å². The molecule has 34 heavy (non-hydrogen) atoms. The molecule has 1 unspecified atom stereocenters. The molecular formula is C25H26FN3O5. The van der Waals surface area contributed by atoms with E-state index in [0.717, 1.165) is 18.4 Å². The second-order valence-corrected chi connectivity index (χ2v) is 7.87. The number of hydrogen-bond donors (Lipinski definition) is 0. The minimum Gasteiger partial charge on any atom is -0.493 e. The zero-order valence-corrected chi connectivity index (χ0v) is 19.3. The maximum Gasteiger partial charge on any atom is 0.247 e. The highest BCUT2D eigenvalue weighted by atomic mass is 19.1. The highest BCUT2D eigenvalue weighted by Crippen LogP contribution is 2.38. The Balaban J connectivity index is 1.45. The van der Waals surface area contributed by atoms with Gasteiger partial charge in [-0.25, -0.2) is 4.39 Å². The third-order valence-corrected chi connectivity index (χ3v) is 5.72. The summed E-state index contributed by atoms with van der Waals surface area (Å²) < 4.78 is 35.1. The third kappa shape index (κ3) is 5.03. The fraction of sp³-hybridized carbons (Fsp3) is 0.320. The molecule has 1 fully saturated rings. The average Bonchev–Trinajstić information content (AvgIpc) is 3.37. The molecule has 0 bridgehead atoms. The van der Waals surface area contributed by atoms with Gasteiger partial charge in [0.25, 0.3) is 0 Å². The third-order valence-electron chi connectivity index (χ3n) is 5.72. The van der Waals surface area contributed by atoms with Gasteiger partial charge in [0.1, 0.15) is 5.82 Å². The highest BCUT2D eigenvalue weighted by Gasteiger charge is 2.28. The lowest BCUT2D eigenvalue weighted by atomic mass is 9.98. The maximum absolute atomic E-state index is 13.2. The number of carbonyl (C=O) groups is 1. The van der Waals surface area contributed by atoms with Crippen LogP contribution < -0.4 is 14.2 Å². The Morgan fingerprint density at radius 3 is 2.44 bits per heavy atom. The SMILES string of the molecule is COc1cc(/C=C/C(=O)N2CCCC(c3nnc(-c4ccc(F)cc4)o3)C2)cc(OC)c1OC. The summed E-state index contributed by atoms with van der Waals surface area (Å²) in [5, 5.41) is 8.27. The van der Waals surface area contributed by atoms with Crippen LogP contribution in [-0.2, 0) is 4.79 Å². The number of halogens is 1. The van der Waals surface area contributed by atoms with Crippen molar-refractivity contribution >= 4 is 12.0 Å². The fourth-order valence-electron chi connectivity index (χ4n) is 3.96. The van der Waals surface area contributed by atoms with Gasteiger partial charge in [0.2, 0.25) is 23.4 Å². The molecule has 9 heteroatoms. The van der Waals surface area contributed by atoms with Gasteiger partial charge in [-0.05, 0) is 60.9 Å². The number of aromatic nitrogens is 2. The molecule has 0 radical (unpaired) electrons. The molecule has 1 aliphatic rings. The maximum atomic E-state index is 13.2. The van der Waals surface area contributed by atoms with Gasteiger partial charge in [-0.15, -0.1) is 10.2 Å². The van der Waals surface area contributed by atoms with Crippen LogP contribution in [0.5, 0.6) is 17.2 Å². The Hall–Kier alpha value is -3.88. The highest BCUT2D eigenvalue weighted by molar-refractivity contribution is 5.92. The standard InChI is InChI=1S/C25H26FN3O5/c1-31-20-13-16(14-21(32-2)23(20)33-3)6-11-22(30)29-12-4-5-18(15-29)25-28-27-24(34-25)17-7-9-19(26)10-8-17/h6-11,13-14,18H,4-5,12,15H2,1-3H3/b11-6+. The first-order chi connectivity index (χ1) is 16.5. The van der Waals surface area contributed by atoms with Crippen molar-refractivity contribution in [1.82, 2.24) is 15.1 Å². The summed E-state index contributed by atoms with van der Waals surface area (Å²) in [6.07, 6.45) is 4.91. The molecular weight excluding hydrogens is 441 g/mol. The van der Waals surface area contributed by atoms with E-state index in [2.05, 4.69) is 10.2 Å². The predicted molar refractivity (Wildman–Crippen MR) is 123 cm³/mol. The van der Waals surface area contributed by atoms with Crippen molar-refractivity contribution < 1.29 is 27.8 Å². The zero-order valence-electron chi connectivity index (χ0n) is 19.3. The van der Waals surface area contributed by atoms with E-state index >= 15 is 0 Å². The predicted octanol–water partition coefficient (Wildman–Crippen LogP) is 4.32. The summed E-state index contributed by atoms with van der Waals surface area (Å²) in [7, 11) is 4.63. The Bertz CT molecular complexity index is 1150. The molecule has 0 aliphatic carbocycles. The number of likely N-dealkylation sites (tertiary alicyclic amines) is 1. The van der Waals surface area contributed by atoms with E-state index in [1.165, 1.54) is 25.3 Å². The number of amides is 1. The van der Waals surface area contributed by atoms with E-state index in [1.807, 2.05) is 0 Å². The van der Waals surface area contributed by atoms with Crippen LogP contribution >= 0.6 is 0 Å². The van der Waals surface area contributed by atoms with E-state index in [-0.39, 0.29) is 17.6 Å². The van der Waals surface area contributed by atoms with Crippen molar-refractivity contribution in [3.05, 3.63) is 59.7 Å². The van der Waals surface area contributed by atoms with Gasteiger partial charge in [-0.3, -0.25) is 4.79 Å². The van der Waals surface area contributed by atoms with Crippen molar-refractivity contribution in [1.29, 1.82) is 0 Å². The number of carbonyl (C=O) groups excluding carboxylic acids is 1. The lowest BCUT2D eigenvalue weighted by Crippen LogP contribution is -2.38. The summed E-state index contributed by atoms with van der Waals surface area (Å²) in [6, 6.07) is 9.44. The molecule has 1 aromatic heterocycles. The number of ether oxygens (including phenoxy) is 3. The van der Waals surface area contributed by atoms with Crippen LogP contribution in [0.25, 0.3) is 17.5 Å². The molecule has 178 valence electrons. The second kappa shape index (κ2) is 10.4.